The van der Waals surface area contributed by atoms with Gasteiger partial charge in [-0.05, 0) is 54.6 Å². The molecule has 2 aliphatic rings. The van der Waals surface area contributed by atoms with Gasteiger partial charge in [0.15, 0.2) is 0 Å². The quantitative estimate of drug-likeness (QED) is 0.697. The smallest absolute Gasteiger partial charge is 0.0723 e. The summed E-state index contributed by atoms with van der Waals surface area (Å²) in [4.78, 5) is 0. The fourth-order valence-corrected chi connectivity index (χ4v) is 4.78. The molecular formula is C20H30O. The van der Waals surface area contributed by atoms with Crippen molar-refractivity contribution in [3.63, 3.8) is 0 Å². The highest BCUT2D eigenvalue weighted by Crippen LogP contribution is 2.59. The van der Waals surface area contributed by atoms with Gasteiger partial charge >= 0.3 is 0 Å². The molecule has 0 amide bonds. The van der Waals surface area contributed by atoms with Gasteiger partial charge in [-0.25, -0.2) is 0 Å². The highest BCUT2D eigenvalue weighted by atomic mass is 16.5. The first-order valence-corrected chi connectivity index (χ1v) is 8.71. The molecule has 0 heterocycles. The molecule has 1 heteroatoms. The summed E-state index contributed by atoms with van der Waals surface area (Å²) < 4.78 is 6.49. The van der Waals surface area contributed by atoms with E-state index in [9.17, 15) is 0 Å². The summed E-state index contributed by atoms with van der Waals surface area (Å²) in [6.45, 7) is 8.00. The third-order valence-corrected chi connectivity index (χ3v) is 6.66. The molecule has 1 aromatic rings. The molecule has 0 spiro atoms. The monoisotopic (exact) mass is 286 g/mol. The van der Waals surface area contributed by atoms with Crippen molar-refractivity contribution in [3.8, 4) is 0 Å². The van der Waals surface area contributed by atoms with Crippen LogP contribution in [0.4, 0.5) is 0 Å². The summed E-state index contributed by atoms with van der Waals surface area (Å²) in [5, 5.41) is 0. The maximum absolute atomic E-state index is 6.49. The minimum Gasteiger partial charge on any atom is -0.373 e. The van der Waals surface area contributed by atoms with Gasteiger partial charge in [0.25, 0.3) is 0 Å². The van der Waals surface area contributed by atoms with Gasteiger partial charge in [-0.1, -0.05) is 57.4 Å². The number of hydrogen-bond acceptors (Lipinski definition) is 1. The SMILES string of the molecule is Cc1ccccc1COC1CCC[C@@]2(C)CCCC[C@@]12C. The predicted octanol–water partition coefficient (Wildman–Crippen LogP) is 5.65. The number of hydrogen-bond donors (Lipinski definition) is 0. The molecule has 0 saturated heterocycles. The molecule has 3 rings (SSSR count). The molecule has 0 radical (unpaired) electrons. The third kappa shape index (κ3) is 2.65. The van der Waals surface area contributed by atoms with Crippen LogP contribution in [0.15, 0.2) is 24.3 Å². The van der Waals surface area contributed by atoms with Gasteiger partial charge in [-0.3, -0.25) is 0 Å². The second-order valence-electron chi connectivity index (χ2n) is 7.80. The molecule has 0 aromatic heterocycles. The molecule has 1 nitrogen and oxygen atoms in total. The Morgan fingerprint density at radius 2 is 1.76 bits per heavy atom. The second kappa shape index (κ2) is 5.76. The van der Waals surface area contributed by atoms with Crippen molar-refractivity contribution in [2.45, 2.75) is 78.4 Å². The molecule has 21 heavy (non-hydrogen) atoms. The highest BCUT2D eigenvalue weighted by Gasteiger charge is 2.53. The second-order valence-corrected chi connectivity index (χ2v) is 7.80. The largest absolute Gasteiger partial charge is 0.373 e. The van der Waals surface area contributed by atoms with Crippen molar-refractivity contribution in [1.82, 2.24) is 0 Å². The molecule has 116 valence electrons. The summed E-state index contributed by atoms with van der Waals surface area (Å²) in [5.41, 5.74) is 3.58. The van der Waals surface area contributed by atoms with Crippen LogP contribution in [-0.2, 0) is 11.3 Å². The lowest BCUT2D eigenvalue weighted by Gasteiger charge is -2.57. The van der Waals surface area contributed by atoms with Crippen molar-refractivity contribution in [2.75, 3.05) is 0 Å². The summed E-state index contributed by atoms with van der Waals surface area (Å²) >= 11 is 0. The zero-order valence-electron chi connectivity index (χ0n) is 14.0. The summed E-state index contributed by atoms with van der Waals surface area (Å²) in [5.74, 6) is 0. The van der Waals surface area contributed by atoms with Gasteiger partial charge in [-0.2, -0.15) is 0 Å². The first-order chi connectivity index (χ1) is 10.1. The number of fused-ring (bicyclic) bond motifs is 1. The van der Waals surface area contributed by atoms with Gasteiger partial charge in [0, 0.05) is 0 Å². The average Bonchev–Trinajstić information content (AvgIpc) is 2.47. The Bertz CT molecular complexity index is 490. The van der Waals surface area contributed by atoms with Crippen LogP contribution >= 0.6 is 0 Å². The molecule has 2 saturated carbocycles. The van der Waals surface area contributed by atoms with E-state index in [1.54, 1.807) is 0 Å². The summed E-state index contributed by atoms with van der Waals surface area (Å²) in [6, 6.07) is 8.63. The van der Waals surface area contributed by atoms with Crippen LogP contribution < -0.4 is 0 Å². The first-order valence-electron chi connectivity index (χ1n) is 8.71. The topological polar surface area (TPSA) is 9.23 Å². The van der Waals surface area contributed by atoms with Gasteiger partial charge in [0.2, 0.25) is 0 Å². The van der Waals surface area contributed by atoms with Crippen molar-refractivity contribution in [3.05, 3.63) is 35.4 Å². The molecule has 0 aliphatic heterocycles. The Morgan fingerprint density at radius 1 is 1.05 bits per heavy atom. The van der Waals surface area contributed by atoms with E-state index < -0.39 is 0 Å². The van der Waals surface area contributed by atoms with Gasteiger partial charge in [0.05, 0.1) is 12.7 Å². The standard InChI is InChI=1S/C20H30O/c1-16-9-4-5-10-17(16)15-21-18-11-8-13-19(2)12-6-7-14-20(18,19)3/h4-5,9-10,18H,6-8,11-15H2,1-3H3/t18?,19-,20+/m1/s1. The lowest BCUT2D eigenvalue weighted by Crippen LogP contribution is -2.52. The fraction of sp³-hybridized carbons (Fsp3) is 0.700. The first kappa shape index (κ1) is 15.1. The van der Waals surface area contributed by atoms with Crippen LogP contribution in [0, 0.1) is 17.8 Å². The number of benzene rings is 1. The summed E-state index contributed by atoms with van der Waals surface area (Å²) in [6.07, 6.45) is 9.97. The van der Waals surface area contributed by atoms with E-state index in [0.29, 0.717) is 16.9 Å². The lowest BCUT2D eigenvalue weighted by atomic mass is 9.50. The Kier molecular flexibility index (Phi) is 4.14. The average molecular weight is 286 g/mol. The maximum Gasteiger partial charge on any atom is 0.0723 e. The van der Waals surface area contributed by atoms with E-state index >= 15 is 0 Å². The van der Waals surface area contributed by atoms with E-state index in [1.807, 2.05) is 0 Å². The lowest BCUT2D eigenvalue weighted by molar-refractivity contribution is -0.152. The predicted molar refractivity (Wildman–Crippen MR) is 88.3 cm³/mol. The van der Waals surface area contributed by atoms with Crippen LogP contribution in [0.1, 0.15) is 69.9 Å². The fourth-order valence-electron chi connectivity index (χ4n) is 4.78. The third-order valence-electron chi connectivity index (χ3n) is 6.66. The van der Waals surface area contributed by atoms with Crippen LogP contribution in [-0.4, -0.2) is 6.10 Å². The molecule has 2 aliphatic carbocycles. The van der Waals surface area contributed by atoms with Gasteiger partial charge < -0.3 is 4.74 Å². The van der Waals surface area contributed by atoms with Crippen LogP contribution in [0.5, 0.6) is 0 Å². The van der Waals surface area contributed by atoms with Crippen molar-refractivity contribution in [1.29, 1.82) is 0 Å². The van der Waals surface area contributed by atoms with E-state index in [0.717, 1.165) is 6.61 Å². The minimum atomic E-state index is 0.381. The molecule has 2 fully saturated rings. The van der Waals surface area contributed by atoms with E-state index in [-0.39, 0.29) is 0 Å². The van der Waals surface area contributed by atoms with Crippen LogP contribution in [0.25, 0.3) is 0 Å². The number of rotatable bonds is 3. The Balaban J connectivity index is 1.74. The Morgan fingerprint density at radius 3 is 2.57 bits per heavy atom. The minimum absolute atomic E-state index is 0.381. The molecule has 0 bridgehead atoms. The zero-order chi connectivity index (χ0) is 14.9. The van der Waals surface area contributed by atoms with E-state index in [2.05, 4.69) is 45.0 Å². The molecule has 1 unspecified atom stereocenters. The molecule has 3 atom stereocenters. The van der Waals surface area contributed by atoms with E-state index in [4.69, 9.17) is 4.74 Å². The van der Waals surface area contributed by atoms with Crippen LogP contribution in [0.2, 0.25) is 0 Å². The normalized spacial score (nSPS) is 36.2. The number of ether oxygens (including phenoxy) is 1. The van der Waals surface area contributed by atoms with Crippen molar-refractivity contribution in [2.24, 2.45) is 10.8 Å². The molecule has 1 aromatic carbocycles. The van der Waals surface area contributed by atoms with Crippen molar-refractivity contribution >= 4 is 0 Å². The van der Waals surface area contributed by atoms with Crippen molar-refractivity contribution < 1.29 is 4.74 Å². The number of aryl methyl sites for hydroxylation is 1. The van der Waals surface area contributed by atoms with Crippen LogP contribution in [0.3, 0.4) is 0 Å². The Labute approximate surface area is 130 Å². The molecular weight excluding hydrogens is 256 g/mol. The molecule has 0 N–H and O–H groups in total. The summed E-state index contributed by atoms with van der Waals surface area (Å²) in [7, 11) is 0. The van der Waals surface area contributed by atoms with Gasteiger partial charge in [-0.15, -0.1) is 0 Å². The highest BCUT2D eigenvalue weighted by molar-refractivity contribution is 5.24. The van der Waals surface area contributed by atoms with E-state index in [1.165, 1.54) is 56.1 Å². The zero-order valence-corrected chi connectivity index (χ0v) is 14.0. The maximum atomic E-state index is 6.49. The van der Waals surface area contributed by atoms with Gasteiger partial charge in [0.1, 0.15) is 0 Å². The Hall–Kier alpha value is -0.820.